The summed E-state index contributed by atoms with van der Waals surface area (Å²) in [4.78, 5) is 0. The van der Waals surface area contributed by atoms with E-state index < -0.39 is 0 Å². The van der Waals surface area contributed by atoms with Crippen LogP contribution in [0, 0.1) is 11.3 Å². The molecular formula is C12H23N. The molecule has 2 rings (SSSR count). The predicted octanol–water partition coefficient (Wildman–Crippen LogP) is 3.08. The Labute approximate surface area is 82.1 Å². The Morgan fingerprint density at radius 3 is 2.23 bits per heavy atom. The van der Waals surface area contributed by atoms with E-state index in [1.165, 1.54) is 44.9 Å². The highest BCUT2D eigenvalue weighted by Gasteiger charge is 2.43. The van der Waals surface area contributed by atoms with E-state index in [0.29, 0.717) is 5.41 Å². The predicted molar refractivity (Wildman–Crippen MR) is 56.5 cm³/mol. The molecule has 13 heavy (non-hydrogen) atoms. The van der Waals surface area contributed by atoms with Gasteiger partial charge in [-0.15, -0.1) is 0 Å². The fraction of sp³-hybridized carbons (Fsp3) is 1.00. The smallest absolute Gasteiger partial charge is 0.0183 e. The summed E-state index contributed by atoms with van der Waals surface area (Å²) in [5.74, 6) is 0.824. The van der Waals surface area contributed by atoms with Crippen molar-refractivity contribution >= 4 is 0 Å². The first-order valence-corrected chi connectivity index (χ1v) is 5.81. The molecule has 0 radical (unpaired) electrons. The van der Waals surface area contributed by atoms with E-state index in [0.717, 1.165) is 5.92 Å². The molecule has 1 unspecified atom stereocenters. The summed E-state index contributed by atoms with van der Waals surface area (Å²) in [5.41, 5.74) is 7.21. The SMILES string of the molecule is CC1(C)CCCC(C2(N)CCC2)C1. The van der Waals surface area contributed by atoms with Crippen LogP contribution < -0.4 is 5.73 Å². The lowest BCUT2D eigenvalue weighted by atomic mass is 9.59. The molecule has 0 amide bonds. The molecule has 0 saturated heterocycles. The summed E-state index contributed by atoms with van der Waals surface area (Å²) in [6.07, 6.45) is 9.49. The Kier molecular flexibility index (Phi) is 2.18. The van der Waals surface area contributed by atoms with Gasteiger partial charge in [-0.1, -0.05) is 20.3 Å². The lowest BCUT2D eigenvalue weighted by Crippen LogP contribution is -2.54. The van der Waals surface area contributed by atoms with Crippen LogP contribution in [0.2, 0.25) is 0 Å². The standard InChI is InChI=1S/C12H23N/c1-11(2)6-3-5-10(9-11)12(13)7-4-8-12/h10H,3-9,13H2,1-2H3. The molecule has 1 heteroatoms. The maximum atomic E-state index is 6.40. The molecule has 0 aliphatic heterocycles. The normalized spacial score (nSPS) is 36.7. The summed E-state index contributed by atoms with van der Waals surface area (Å²) in [6.45, 7) is 4.81. The van der Waals surface area contributed by atoms with Crippen molar-refractivity contribution < 1.29 is 0 Å². The molecule has 0 aromatic carbocycles. The topological polar surface area (TPSA) is 26.0 Å². The molecule has 76 valence electrons. The van der Waals surface area contributed by atoms with E-state index in [9.17, 15) is 0 Å². The quantitative estimate of drug-likeness (QED) is 0.661. The van der Waals surface area contributed by atoms with E-state index in [2.05, 4.69) is 13.8 Å². The summed E-state index contributed by atoms with van der Waals surface area (Å²) < 4.78 is 0. The van der Waals surface area contributed by atoms with Gasteiger partial charge in [-0.25, -0.2) is 0 Å². The van der Waals surface area contributed by atoms with E-state index in [-0.39, 0.29) is 5.54 Å². The van der Waals surface area contributed by atoms with Crippen LogP contribution in [0.15, 0.2) is 0 Å². The minimum absolute atomic E-state index is 0.248. The number of rotatable bonds is 1. The Balaban J connectivity index is 2.00. The van der Waals surface area contributed by atoms with Gasteiger partial charge in [0.15, 0.2) is 0 Å². The second-order valence-electron chi connectivity index (χ2n) is 6.04. The highest BCUT2D eigenvalue weighted by atomic mass is 14.8. The van der Waals surface area contributed by atoms with Crippen LogP contribution in [-0.2, 0) is 0 Å². The first-order valence-electron chi connectivity index (χ1n) is 5.81. The zero-order valence-corrected chi connectivity index (χ0v) is 9.10. The summed E-state index contributed by atoms with van der Waals surface area (Å²) >= 11 is 0. The van der Waals surface area contributed by atoms with Crippen molar-refractivity contribution in [1.29, 1.82) is 0 Å². The third kappa shape index (κ3) is 1.76. The Hall–Kier alpha value is -0.0400. The van der Waals surface area contributed by atoms with Gasteiger partial charge in [0.05, 0.1) is 0 Å². The number of nitrogens with two attached hydrogens (primary N) is 1. The molecule has 0 heterocycles. The fourth-order valence-electron chi connectivity index (χ4n) is 3.18. The second-order valence-corrected chi connectivity index (χ2v) is 6.04. The fourth-order valence-corrected chi connectivity index (χ4v) is 3.18. The Bertz CT molecular complexity index is 191. The zero-order chi connectivity index (χ0) is 9.53. The van der Waals surface area contributed by atoms with Crippen LogP contribution in [-0.4, -0.2) is 5.54 Å². The van der Waals surface area contributed by atoms with Gasteiger partial charge in [0, 0.05) is 5.54 Å². The lowest BCUT2D eigenvalue weighted by Gasteiger charge is -2.49. The molecule has 0 aromatic heterocycles. The van der Waals surface area contributed by atoms with Crippen LogP contribution in [0.5, 0.6) is 0 Å². The van der Waals surface area contributed by atoms with Crippen molar-refractivity contribution in [2.45, 2.75) is 64.3 Å². The van der Waals surface area contributed by atoms with Gasteiger partial charge in [0.25, 0.3) is 0 Å². The summed E-state index contributed by atoms with van der Waals surface area (Å²) in [6, 6.07) is 0. The van der Waals surface area contributed by atoms with E-state index in [4.69, 9.17) is 5.73 Å². The highest BCUT2D eigenvalue weighted by molar-refractivity contribution is 5.01. The molecule has 0 bridgehead atoms. The summed E-state index contributed by atoms with van der Waals surface area (Å²) in [5, 5.41) is 0. The van der Waals surface area contributed by atoms with Crippen molar-refractivity contribution in [3.8, 4) is 0 Å². The van der Waals surface area contributed by atoms with Crippen LogP contribution >= 0.6 is 0 Å². The van der Waals surface area contributed by atoms with Gasteiger partial charge in [0.2, 0.25) is 0 Å². The van der Waals surface area contributed by atoms with Gasteiger partial charge in [-0.05, 0) is 49.9 Å². The number of hydrogen-bond acceptors (Lipinski definition) is 1. The maximum absolute atomic E-state index is 6.40. The molecule has 1 atom stereocenters. The zero-order valence-electron chi connectivity index (χ0n) is 9.10. The third-order valence-electron chi connectivity index (χ3n) is 4.30. The van der Waals surface area contributed by atoms with Crippen molar-refractivity contribution in [1.82, 2.24) is 0 Å². The molecule has 0 aromatic rings. The first kappa shape index (κ1) is 9.51. The maximum Gasteiger partial charge on any atom is 0.0183 e. The van der Waals surface area contributed by atoms with Crippen molar-refractivity contribution in [2.24, 2.45) is 17.1 Å². The van der Waals surface area contributed by atoms with Crippen molar-refractivity contribution in [2.75, 3.05) is 0 Å². The molecule has 1 nitrogen and oxygen atoms in total. The second kappa shape index (κ2) is 2.98. The van der Waals surface area contributed by atoms with E-state index in [1.54, 1.807) is 0 Å². The van der Waals surface area contributed by atoms with E-state index >= 15 is 0 Å². The van der Waals surface area contributed by atoms with Crippen LogP contribution in [0.25, 0.3) is 0 Å². The van der Waals surface area contributed by atoms with Crippen molar-refractivity contribution in [3.05, 3.63) is 0 Å². The van der Waals surface area contributed by atoms with Gasteiger partial charge >= 0.3 is 0 Å². The molecule has 2 N–H and O–H groups in total. The molecule has 2 saturated carbocycles. The van der Waals surface area contributed by atoms with Crippen molar-refractivity contribution in [3.63, 3.8) is 0 Å². The molecule has 2 aliphatic rings. The average molecular weight is 181 g/mol. The average Bonchev–Trinajstić information content (AvgIpc) is 1.98. The van der Waals surface area contributed by atoms with Crippen LogP contribution in [0.4, 0.5) is 0 Å². The monoisotopic (exact) mass is 181 g/mol. The van der Waals surface area contributed by atoms with Gasteiger partial charge in [-0.3, -0.25) is 0 Å². The molecular weight excluding hydrogens is 158 g/mol. The van der Waals surface area contributed by atoms with E-state index in [1.807, 2.05) is 0 Å². The molecule has 0 spiro atoms. The minimum atomic E-state index is 0.248. The van der Waals surface area contributed by atoms with Crippen LogP contribution in [0.3, 0.4) is 0 Å². The minimum Gasteiger partial charge on any atom is -0.325 e. The van der Waals surface area contributed by atoms with Gasteiger partial charge in [0.1, 0.15) is 0 Å². The number of hydrogen-bond donors (Lipinski definition) is 1. The third-order valence-corrected chi connectivity index (χ3v) is 4.30. The molecule has 2 aliphatic carbocycles. The van der Waals surface area contributed by atoms with Gasteiger partial charge < -0.3 is 5.73 Å². The Morgan fingerprint density at radius 2 is 1.77 bits per heavy atom. The highest BCUT2D eigenvalue weighted by Crippen LogP contribution is 2.48. The largest absolute Gasteiger partial charge is 0.325 e. The lowest BCUT2D eigenvalue weighted by molar-refractivity contribution is 0.0653. The van der Waals surface area contributed by atoms with Gasteiger partial charge in [-0.2, -0.15) is 0 Å². The van der Waals surface area contributed by atoms with Crippen LogP contribution in [0.1, 0.15) is 58.8 Å². The summed E-state index contributed by atoms with van der Waals surface area (Å²) in [7, 11) is 0. The first-order chi connectivity index (χ1) is 6.02. The Morgan fingerprint density at radius 1 is 1.08 bits per heavy atom. The molecule has 2 fully saturated rings.